The second-order valence-corrected chi connectivity index (χ2v) is 7.06. The molecule has 1 aromatic carbocycles. The summed E-state index contributed by atoms with van der Waals surface area (Å²) < 4.78 is 1.22. The van der Waals surface area contributed by atoms with E-state index >= 15 is 0 Å². The SMILES string of the molecule is CC(CNC(=O)C1CCCCC1)c1nc2ccccc2s1. The Morgan fingerprint density at radius 3 is 2.86 bits per heavy atom. The van der Waals surface area contributed by atoms with Gasteiger partial charge in [-0.25, -0.2) is 4.98 Å². The number of amides is 1. The summed E-state index contributed by atoms with van der Waals surface area (Å²) in [5.41, 5.74) is 1.06. The van der Waals surface area contributed by atoms with Crippen molar-refractivity contribution in [2.75, 3.05) is 6.54 Å². The smallest absolute Gasteiger partial charge is 0.223 e. The average molecular weight is 302 g/mol. The molecule has 2 aromatic rings. The second kappa shape index (κ2) is 6.56. The van der Waals surface area contributed by atoms with Crippen molar-refractivity contribution in [3.05, 3.63) is 29.3 Å². The fourth-order valence-corrected chi connectivity index (χ4v) is 3.97. The number of aromatic nitrogens is 1. The van der Waals surface area contributed by atoms with E-state index in [2.05, 4.69) is 23.3 Å². The number of nitrogens with one attached hydrogen (secondary N) is 1. The van der Waals surface area contributed by atoms with Crippen LogP contribution in [0.2, 0.25) is 0 Å². The van der Waals surface area contributed by atoms with Gasteiger partial charge in [-0.05, 0) is 25.0 Å². The molecule has 1 N–H and O–H groups in total. The van der Waals surface area contributed by atoms with E-state index < -0.39 is 0 Å². The molecule has 1 atom stereocenters. The quantitative estimate of drug-likeness (QED) is 0.924. The molecule has 1 amide bonds. The standard InChI is InChI=1S/C17H22N2OS/c1-12(11-18-16(20)13-7-3-2-4-8-13)17-19-14-9-5-6-10-15(14)21-17/h5-6,9-10,12-13H,2-4,7-8,11H2,1H3,(H,18,20). The number of nitrogens with zero attached hydrogens (tertiary/aromatic N) is 1. The molecule has 0 saturated heterocycles. The van der Waals surface area contributed by atoms with Gasteiger partial charge in [0.1, 0.15) is 0 Å². The number of rotatable bonds is 4. The van der Waals surface area contributed by atoms with E-state index in [0.717, 1.165) is 23.4 Å². The van der Waals surface area contributed by atoms with Crippen molar-refractivity contribution in [3.63, 3.8) is 0 Å². The predicted octanol–water partition coefficient (Wildman–Crippen LogP) is 4.10. The first kappa shape index (κ1) is 14.5. The predicted molar refractivity (Wildman–Crippen MR) is 87.6 cm³/mol. The third-order valence-corrected chi connectivity index (χ3v) is 5.56. The molecular weight excluding hydrogens is 280 g/mol. The first-order valence-electron chi connectivity index (χ1n) is 7.87. The molecule has 4 heteroatoms. The van der Waals surface area contributed by atoms with Crippen LogP contribution in [0, 0.1) is 5.92 Å². The van der Waals surface area contributed by atoms with Crippen molar-refractivity contribution in [1.82, 2.24) is 10.3 Å². The van der Waals surface area contributed by atoms with Crippen molar-refractivity contribution in [3.8, 4) is 0 Å². The molecule has 3 nitrogen and oxygen atoms in total. The van der Waals surface area contributed by atoms with Crippen LogP contribution in [0.15, 0.2) is 24.3 Å². The van der Waals surface area contributed by atoms with Crippen LogP contribution in [-0.4, -0.2) is 17.4 Å². The summed E-state index contributed by atoms with van der Waals surface area (Å²) in [5.74, 6) is 0.749. The maximum absolute atomic E-state index is 12.2. The van der Waals surface area contributed by atoms with Gasteiger partial charge in [-0.1, -0.05) is 38.3 Å². The number of hydrogen-bond acceptors (Lipinski definition) is 3. The molecule has 0 aliphatic heterocycles. The van der Waals surface area contributed by atoms with E-state index in [4.69, 9.17) is 0 Å². The third-order valence-electron chi connectivity index (χ3n) is 4.29. The van der Waals surface area contributed by atoms with Gasteiger partial charge in [0.15, 0.2) is 0 Å². The van der Waals surface area contributed by atoms with E-state index in [-0.39, 0.29) is 17.7 Å². The molecule has 0 radical (unpaired) electrons. The van der Waals surface area contributed by atoms with Crippen molar-refractivity contribution in [2.24, 2.45) is 5.92 Å². The van der Waals surface area contributed by atoms with E-state index in [1.54, 1.807) is 11.3 Å². The van der Waals surface area contributed by atoms with Crippen LogP contribution in [0.25, 0.3) is 10.2 Å². The topological polar surface area (TPSA) is 42.0 Å². The molecule has 1 aliphatic carbocycles. The summed E-state index contributed by atoms with van der Waals surface area (Å²) >= 11 is 1.73. The maximum Gasteiger partial charge on any atom is 0.223 e. The maximum atomic E-state index is 12.2. The van der Waals surface area contributed by atoms with Crippen LogP contribution in [0.1, 0.15) is 50.0 Å². The first-order valence-corrected chi connectivity index (χ1v) is 8.69. The number of carbonyl (C=O) groups excluding carboxylic acids is 1. The largest absolute Gasteiger partial charge is 0.355 e. The summed E-state index contributed by atoms with van der Waals surface area (Å²) in [7, 11) is 0. The molecule has 21 heavy (non-hydrogen) atoms. The first-order chi connectivity index (χ1) is 10.2. The van der Waals surface area contributed by atoms with Gasteiger partial charge in [0.2, 0.25) is 5.91 Å². The van der Waals surface area contributed by atoms with Gasteiger partial charge in [-0.2, -0.15) is 0 Å². The Morgan fingerprint density at radius 1 is 1.33 bits per heavy atom. The highest BCUT2D eigenvalue weighted by atomic mass is 32.1. The molecule has 0 bridgehead atoms. The van der Waals surface area contributed by atoms with Crippen LogP contribution >= 0.6 is 11.3 Å². The summed E-state index contributed by atoms with van der Waals surface area (Å²) in [5, 5.41) is 4.23. The summed E-state index contributed by atoms with van der Waals surface area (Å²) in [6.45, 7) is 2.83. The van der Waals surface area contributed by atoms with Crippen LogP contribution in [0.4, 0.5) is 0 Å². The second-order valence-electron chi connectivity index (χ2n) is 6.00. The summed E-state index contributed by atoms with van der Waals surface area (Å²) in [4.78, 5) is 16.8. The minimum absolute atomic E-state index is 0.237. The van der Waals surface area contributed by atoms with Crippen molar-refractivity contribution < 1.29 is 4.79 Å². The average Bonchev–Trinajstić information content (AvgIpc) is 2.97. The van der Waals surface area contributed by atoms with Crippen molar-refractivity contribution in [2.45, 2.75) is 44.9 Å². The molecule has 0 spiro atoms. The minimum Gasteiger partial charge on any atom is -0.355 e. The zero-order chi connectivity index (χ0) is 14.7. The lowest BCUT2D eigenvalue weighted by molar-refractivity contribution is -0.125. The van der Waals surface area contributed by atoms with Crippen LogP contribution in [0.3, 0.4) is 0 Å². The summed E-state index contributed by atoms with van der Waals surface area (Å²) in [6.07, 6.45) is 5.80. The number of para-hydroxylation sites is 1. The Hall–Kier alpha value is -1.42. The summed E-state index contributed by atoms with van der Waals surface area (Å²) in [6, 6.07) is 8.20. The lowest BCUT2D eigenvalue weighted by atomic mass is 9.88. The monoisotopic (exact) mass is 302 g/mol. The van der Waals surface area contributed by atoms with Gasteiger partial charge in [0.25, 0.3) is 0 Å². The van der Waals surface area contributed by atoms with Gasteiger partial charge in [0, 0.05) is 18.4 Å². The molecule has 3 rings (SSSR count). The Morgan fingerprint density at radius 2 is 2.10 bits per heavy atom. The van der Waals surface area contributed by atoms with Gasteiger partial charge in [-0.15, -0.1) is 11.3 Å². The fourth-order valence-electron chi connectivity index (χ4n) is 2.95. The van der Waals surface area contributed by atoms with E-state index in [9.17, 15) is 4.79 Å². The molecule has 1 aliphatic rings. The van der Waals surface area contributed by atoms with Crippen molar-refractivity contribution >= 4 is 27.5 Å². The zero-order valence-corrected chi connectivity index (χ0v) is 13.3. The fraction of sp³-hybridized carbons (Fsp3) is 0.529. The molecule has 1 unspecified atom stereocenters. The van der Waals surface area contributed by atoms with Crippen LogP contribution < -0.4 is 5.32 Å². The molecule has 112 valence electrons. The highest BCUT2D eigenvalue weighted by Gasteiger charge is 2.21. The van der Waals surface area contributed by atoms with E-state index in [1.807, 2.05) is 18.2 Å². The molecule has 1 heterocycles. The Labute approximate surface area is 129 Å². The zero-order valence-electron chi connectivity index (χ0n) is 12.5. The lowest BCUT2D eigenvalue weighted by Gasteiger charge is -2.21. The van der Waals surface area contributed by atoms with Crippen LogP contribution in [-0.2, 0) is 4.79 Å². The van der Waals surface area contributed by atoms with Gasteiger partial charge >= 0.3 is 0 Å². The highest BCUT2D eigenvalue weighted by Crippen LogP contribution is 2.27. The third kappa shape index (κ3) is 3.43. The van der Waals surface area contributed by atoms with Gasteiger partial charge in [-0.3, -0.25) is 4.79 Å². The number of benzene rings is 1. The number of thiazole rings is 1. The van der Waals surface area contributed by atoms with Crippen molar-refractivity contribution in [1.29, 1.82) is 0 Å². The Kier molecular flexibility index (Phi) is 4.54. The van der Waals surface area contributed by atoms with Gasteiger partial charge < -0.3 is 5.32 Å². The Balaban J connectivity index is 1.58. The number of hydrogen-bond donors (Lipinski definition) is 1. The molecular formula is C17H22N2OS. The normalized spacial score (nSPS) is 17.8. The van der Waals surface area contributed by atoms with Gasteiger partial charge in [0.05, 0.1) is 15.2 Å². The Bertz CT molecular complexity index is 583. The molecule has 1 aromatic heterocycles. The number of fused-ring (bicyclic) bond motifs is 1. The van der Waals surface area contributed by atoms with E-state index in [0.29, 0.717) is 6.54 Å². The molecule has 1 fully saturated rings. The highest BCUT2D eigenvalue weighted by molar-refractivity contribution is 7.18. The minimum atomic E-state index is 0.237. The van der Waals surface area contributed by atoms with Crippen LogP contribution in [0.5, 0.6) is 0 Å². The lowest BCUT2D eigenvalue weighted by Crippen LogP contribution is -2.34. The molecule has 1 saturated carbocycles. The van der Waals surface area contributed by atoms with E-state index in [1.165, 1.54) is 24.0 Å². The number of carbonyl (C=O) groups is 1.